The molecular weight excluding hydrogens is 743 g/mol. The van der Waals surface area contributed by atoms with E-state index in [-0.39, 0.29) is 11.8 Å². The van der Waals surface area contributed by atoms with Gasteiger partial charge in [0.2, 0.25) is 17.8 Å². The molecule has 0 atom stereocenters. The van der Waals surface area contributed by atoms with Crippen LogP contribution in [-0.2, 0) is 37.5 Å². The lowest BCUT2D eigenvalue weighted by Gasteiger charge is -2.27. The van der Waals surface area contributed by atoms with Crippen molar-refractivity contribution >= 4 is 58.0 Å². The predicted octanol–water partition coefficient (Wildman–Crippen LogP) is 3.74. The highest BCUT2D eigenvalue weighted by atomic mass is 16.5. The number of nitrogens with two attached hydrogens (primary N) is 2. The molecule has 5 heterocycles. The molecule has 4 aromatic heterocycles. The van der Waals surface area contributed by atoms with Crippen LogP contribution in [0.2, 0.25) is 0 Å². The minimum atomic E-state index is -0.577. The van der Waals surface area contributed by atoms with Crippen molar-refractivity contribution in [1.82, 2.24) is 43.6 Å². The molecule has 6 N–H and O–H groups in total. The molecule has 1 fully saturated rings. The quantitative estimate of drug-likeness (QED) is 0.0865. The fourth-order valence-corrected chi connectivity index (χ4v) is 7.30. The summed E-state index contributed by atoms with van der Waals surface area (Å²) in [5.74, 6) is -0.583. The van der Waals surface area contributed by atoms with Crippen molar-refractivity contribution in [3.63, 3.8) is 0 Å². The fourth-order valence-electron chi connectivity index (χ4n) is 7.30. The van der Waals surface area contributed by atoms with Crippen LogP contribution in [0.25, 0.3) is 22.1 Å². The van der Waals surface area contributed by atoms with Gasteiger partial charge < -0.3 is 25.3 Å². The number of aldehydes is 1. The second-order valence-corrected chi connectivity index (χ2v) is 13.9. The van der Waals surface area contributed by atoms with Gasteiger partial charge in [-0.1, -0.05) is 0 Å². The van der Waals surface area contributed by atoms with Crippen LogP contribution in [-0.4, -0.2) is 101 Å². The number of anilines is 2. The normalized spacial score (nSPS) is 13.1. The van der Waals surface area contributed by atoms with Crippen LogP contribution in [0.3, 0.4) is 0 Å². The Morgan fingerprint density at radius 2 is 1.36 bits per heavy atom. The number of unbranched alkanes of at least 4 members (excludes halogenated alkanes) is 1. The molecule has 0 saturated carbocycles. The number of primary amides is 1. The van der Waals surface area contributed by atoms with E-state index in [2.05, 4.69) is 31.5 Å². The molecule has 0 bridgehead atoms. The average Bonchev–Trinajstić information content (AvgIpc) is 3.99. The molecule has 18 nitrogen and oxygen atoms in total. The Labute approximate surface area is 335 Å². The summed E-state index contributed by atoms with van der Waals surface area (Å²) in [6, 6.07) is 12.2. The number of hydrogen-bond donors (Lipinski definition) is 4. The first-order valence-corrected chi connectivity index (χ1v) is 19.4. The Bertz CT molecular complexity index is 2450. The number of fused-ring (bicyclic) bond motifs is 2. The van der Waals surface area contributed by atoms with Gasteiger partial charge in [0.25, 0.3) is 11.8 Å². The van der Waals surface area contributed by atoms with Crippen molar-refractivity contribution in [3.05, 3.63) is 81.9 Å². The summed E-state index contributed by atoms with van der Waals surface area (Å²) in [5, 5.41) is 14.9. The maximum absolute atomic E-state index is 13.7. The Balaban J connectivity index is 0.00000279. The first-order valence-electron chi connectivity index (χ1n) is 19.4. The van der Waals surface area contributed by atoms with E-state index in [0.29, 0.717) is 104 Å². The van der Waals surface area contributed by atoms with Gasteiger partial charge in [-0.05, 0) is 95.6 Å². The number of nitrogens with zero attached hydrogens (tertiary/aromatic N) is 9. The number of imidazole rings is 2. The first-order chi connectivity index (χ1) is 28.1. The second kappa shape index (κ2) is 18.4. The summed E-state index contributed by atoms with van der Waals surface area (Å²) < 4.78 is 12.8. The molecule has 306 valence electrons. The molecule has 0 unspecified atom stereocenters. The molecule has 6 aromatic rings. The van der Waals surface area contributed by atoms with Crippen LogP contribution in [0, 0.1) is 13.8 Å². The number of morpholine rings is 1. The highest BCUT2D eigenvalue weighted by Crippen LogP contribution is 2.29. The van der Waals surface area contributed by atoms with Crippen molar-refractivity contribution in [3.8, 4) is 0 Å². The van der Waals surface area contributed by atoms with E-state index in [1.165, 1.54) is 7.05 Å². The predicted molar refractivity (Wildman–Crippen MR) is 220 cm³/mol. The van der Waals surface area contributed by atoms with E-state index < -0.39 is 5.91 Å². The van der Waals surface area contributed by atoms with Crippen molar-refractivity contribution in [2.45, 2.75) is 73.3 Å². The smallest absolute Gasteiger partial charge is 0.276 e. The van der Waals surface area contributed by atoms with E-state index in [0.717, 1.165) is 47.4 Å². The summed E-state index contributed by atoms with van der Waals surface area (Å²) in [5.41, 5.74) is 16.8. The van der Waals surface area contributed by atoms with Crippen LogP contribution >= 0.6 is 0 Å². The molecular formula is C40H51N13O5. The van der Waals surface area contributed by atoms with Crippen LogP contribution < -0.4 is 22.1 Å². The number of rotatable bonds is 15. The maximum atomic E-state index is 13.7. The van der Waals surface area contributed by atoms with E-state index in [4.69, 9.17) is 20.4 Å². The Hall–Kier alpha value is -6.24. The van der Waals surface area contributed by atoms with E-state index >= 15 is 0 Å². The number of amides is 3. The molecule has 18 heteroatoms. The van der Waals surface area contributed by atoms with Crippen molar-refractivity contribution < 1.29 is 23.9 Å². The molecule has 1 aliphatic heterocycles. The molecule has 2 aromatic carbocycles. The Morgan fingerprint density at radius 1 is 0.793 bits per heavy atom. The zero-order valence-electron chi connectivity index (χ0n) is 33.6. The van der Waals surface area contributed by atoms with Gasteiger partial charge in [0, 0.05) is 56.9 Å². The topological polar surface area (TPSA) is 228 Å². The summed E-state index contributed by atoms with van der Waals surface area (Å²) in [7, 11) is 1.50. The van der Waals surface area contributed by atoms with Gasteiger partial charge in [0.1, 0.15) is 17.7 Å². The molecule has 0 spiro atoms. The van der Waals surface area contributed by atoms with Crippen molar-refractivity contribution in [2.24, 2.45) is 11.5 Å². The molecule has 0 radical (unpaired) electrons. The van der Waals surface area contributed by atoms with Gasteiger partial charge in [0.15, 0.2) is 0 Å². The third kappa shape index (κ3) is 8.83. The second-order valence-electron chi connectivity index (χ2n) is 13.9. The van der Waals surface area contributed by atoms with Crippen LogP contribution in [0.1, 0.15) is 85.3 Å². The lowest BCUT2D eigenvalue weighted by atomic mass is 10.1. The van der Waals surface area contributed by atoms with E-state index in [9.17, 15) is 19.2 Å². The first kappa shape index (κ1) is 41.4. The highest BCUT2D eigenvalue weighted by Gasteiger charge is 2.23. The van der Waals surface area contributed by atoms with Crippen LogP contribution in [0.15, 0.2) is 42.5 Å². The summed E-state index contributed by atoms with van der Waals surface area (Å²) >= 11 is 0. The number of aromatic nitrogens is 8. The summed E-state index contributed by atoms with van der Waals surface area (Å²) in [6.07, 6.45) is 2.09. The van der Waals surface area contributed by atoms with Gasteiger partial charge in [-0.2, -0.15) is 10.2 Å². The number of nitrogens with one attached hydrogen (secondary N) is 2. The maximum Gasteiger partial charge on any atom is 0.276 e. The zero-order valence-corrected chi connectivity index (χ0v) is 33.6. The number of ether oxygens (including phenoxy) is 1. The van der Waals surface area contributed by atoms with Crippen LogP contribution in [0.4, 0.5) is 11.9 Å². The van der Waals surface area contributed by atoms with E-state index in [1.54, 1.807) is 45.8 Å². The van der Waals surface area contributed by atoms with Crippen molar-refractivity contribution in [2.75, 3.05) is 44.0 Å². The zero-order chi connectivity index (χ0) is 41.5. The van der Waals surface area contributed by atoms with E-state index in [1.807, 2.05) is 42.9 Å². The highest BCUT2D eigenvalue weighted by molar-refractivity contribution is 6.04. The van der Waals surface area contributed by atoms with Crippen LogP contribution in [0.5, 0.6) is 0 Å². The standard InChI is InChI=1S/C39H46N12O5.CH5N/c1-5-50-32(17-24(3)45-50)36(54)43-38-41-29-21-27(35(40)53)9-10-31(29)48(38)11-7-8-12-49-34-28(22-47-13-15-56-16-14-47)19-26(23-52)20-30(34)42-39(49)44-37(55)33-18-25(4)46-51(33)6-2;1-2/h9-10,17-21,23H,5-8,11-16,22H2,1-4H3,(H2,40,53)(H,41,43,54)(H,42,44,55);2H2,1H3. The Kier molecular flexibility index (Phi) is 13.1. The molecule has 0 aliphatic carbocycles. The van der Waals surface area contributed by atoms with Crippen molar-refractivity contribution in [1.29, 1.82) is 0 Å². The number of carbonyl (C=O) groups is 4. The molecule has 1 aliphatic rings. The van der Waals surface area contributed by atoms with Gasteiger partial charge in [-0.3, -0.25) is 44.1 Å². The SMILES string of the molecule is CCn1nc(C)cc1C(=O)Nc1nc2cc(C(N)=O)ccc2n1CCCCn1c(NC(=O)c2cc(C)nn2CC)nc2cc(C=O)cc(CN3CCOCC3)c21.CN. The number of aryl methyl sites for hydroxylation is 6. The molecule has 7 rings (SSSR count). The lowest BCUT2D eigenvalue weighted by Crippen LogP contribution is -2.35. The Morgan fingerprint density at radius 3 is 1.93 bits per heavy atom. The van der Waals surface area contributed by atoms with Gasteiger partial charge in [-0.15, -0.1) is 0 Å². The average molecular weight is 794 g/mol. The molecule has 58 heavy (non-hydrogen) atoms. The van der Waals surface area contributed by atoms with Gasteiger partial charge >= 0.3 is 0 Å². The van der Waals surface area contributed by atoms with Gasteiger partial charge in [0.05, 0.1) is 46.7 Å². The number of hydrogen-bond acceptors (Lipinski definition) is 11. The summed E-state index contributed by atoms with van der Waals surface area (Å²) in [6.45, 7) is 12.8. The monoisotopic (exact) mass is 793 g/mol. The fraction of sp³-hybridized carbons (Fsp3) is 0.400. The lowest BCUT2D eigenvalue weighted by molar-refractivity contribution is 0.0343. The third-order valence-corrected chi connectivity index (χ3v) is 9.94. The number of benzene rings is 2. The number of carbonyl (C=O) groups excluding carboxylic acids is 4. The minimum Gasteiger partial charge on any atom is -0.379 e. The molecule has 3 amide bonds. The minimum absolute atomic E-state index is 0.309. The largest absolute Gasteiger partial charge is 0.379 e. The summed E-state index contributed by atoms with van der Waals surface area (Å²) in [4.78, 5) is 63.2. The third-order valence-electron chi connectivity index (χ3n) is 9.94. The van der Waals surface area contributed by atoms with Gasteiger partial charge in [-0.25, -0.2) is 9.97 Å². The molecule has 1 saturated heterocycles.